The van der Waals surface area contributed by atoms with Gasteiger partial charge in [-0.3, -0.25) is 14.7 Å². The first-order valence-electron chi connectivity index (χ1n) is 10.5. The van der Waals surface area contributed by atoms with Crippen molar-refractivity contribution < 1.29 is 22.7 Å². The van der Waals surface area contributed by atoms with Crippen molar-refractivity contribution in [3.8, 4) is 11.4 Å². The quantitative estimate of drug-likeness (QED) is 0.438. The van der Waals surface area contributed by atoms with Crippen LogP contribution in [0.15, 0.2) is 53.5 Å². The Labute approximate surface area is 194 Å². The fraction of sp³-hybridized carbons (Fsp3) is 0.208. The molecule has 0 unspecified atom stereocenters. The number of guanidine groups is 1. The summed E-state index contributed by atoms with van der Waals surface area (Å²) in [7, 11) is 1.55. The first kappa shape index (κ1) is 23.1. The van der Waals surface area contributed by atoms with Crippen LogP contribution in [0.3, 0.4) is 0 Å². The Morgan fingerprint density at radius 3 is 2.53 bits per heavy atom. The second-order valence-electron chi connectivity index (χ2n) is 7.60. The predicted molar refractivity (Wildman–Crippen MR) is 121 cm³/mol. The number of imidazole rings is 1. The van der Waals surface area contributed by atoms with Gasteiger partial charge in [-0.05, 0) is 55.3 Å². The van der Waals surface area contributed by atoms with E-state index in [-0.39, 0.29) is 23.8 Å². The number of aryl methyl sites for hydroxylation is 1. The summed E-state index contributed by atoms with van der Waals surface area (Å²) in [5, 5.41) is 2.96. The highest BCUT2D eigenvalue weighted by Gasteiger charge is 2.32. The molecule has 1 saturated heterocycles. The zero-order chi connectivity index (χ0) is 24.4. The van der Waals surface area contributed by atoms with E-state index in [0.29, 0.717) is 17.9 Å². The maximum Gasteiger partial charge on any atom is 0.277 e. The van der Waals surface area contributed by atoms with E-state index in [1.54, 1.807) is 32.5 Å². The molecule has 1 aliphatic heterocycles. The highest BCUT2D eigenvalue weighted by Crippen LogP contribution is 2.27. The van der Waals surface area contributed by atoms with Crippen LogP contribution in [0.25, 0.3) is 11.8 Å². The summed E-state index contributed by atoms with van der Waals surface area (Å²) in [5.41, 5.74) is 2.65. The van der Waals surface area contributed by atoms with Gasteiger partial charge >= 0.3 is 0 Å². The maximum atomic E-state index is 13.7. The summed E-state index contributed by atoms with van der Waals surface area (Å²) in [4.78, 5) is 22.8. The zero-order valence-electron chi connectivity index (χ0n) is 18.8. The van der Waals surface area contributed by atoms with Crippen molar-refractivity contribution >= 4 is 17.9 Å². The van der Waals surface area contributed by atoms with Gasteiger partial charge in [0, 0.05) is 12.7 Å². The number of nitrogens with zero attached hydrogens (tertiary/aromatic N) is 4. The third kappa shape index (κ3) is 4.52. The van der Waals surface area contributed by atoms with E-state index in [2.05, 4.69) is 15.3 Å². The summed E-state index contributed by atoms with van der Waals surface area (Å²) >= 11 is 0. The van der Waals surface area contributed by atoms with Gasteiger partial charge in [0.1, 0.15) is 11.4 Å². The molecule has 2 heterocycles. The van der Waals surface area contributed by atoms with Crippen LogP contribution >= 0.6 is 0 Å². The molecule has 0 atom stereocenters. The average Bonchev–Trinajstić information content (AvgIpc) is 3.36. The van der Waals surface area contributed by atoms with Crippen LogP contribution in [-0.2, 0) is 11.3 Å². The van der Waals surface area contributed by atoms with Crippen molar-refractivity contribution in [2.24, 2.45) is 4.99 Å². The van der Waals surface area contributed by atoms with Crippen LogP contribution in [0.1, 0.15) is 23.7 Å². The minimum Gasteiger partial charge on any atom is -0.495 e. The molecule has 0 saturated carbocycles. The fourth-order valence-corrected chi connectivity index (χ4v) is 3.60. The average molecular weight is 469 g/mol. The number of hydrogen-bond donors (Lipinski definition) is 1. The lowest BCUT2D eigenvalue weighted by Crippen LogP contribution is -2.32. The van der Waals surface area contributed by atoms with Crippen molar-refractivity contribution in [3.63, 3.8) is 0 Å². The fourth-order valence-electron chi connectivity index (χ4n) is 3.60. The second-order valence-corrected chi connectivity index (χ2v) is 7.60. The van der Waals surface area contributed by atoms with E-state index in [1.165, 1.54) is 4.90 Å². The molecule has 1 N–H and O–H groups in total. The van der Waals surface area contributed by atoms with E-state index in [9.17, 15) is 18.0 Å². The van der Waals surface area contributed by atoms with Gasteiger partial charge in [-0.25, -0.2) is 18.2 Å². The third-order valence-electron chi connectivity index (χ3n) is 5.17. The highest BCUT2D eigenvalue weighted by molar-refractivity contribution is 6.15. The van der Waals surface area contributed by atoms with E-state index >= 15 is 0 Å². The van der Waals surface area contributed by atoms with Gasteiger partial charge < -0.3 is 14.6 Å². The molecule has 0 bridgehead atoms. The number of ether oxygens (including phenoxy) is 1. The summed E-state index contributed by atoms with van der Waals surface area (Å²) in [6.07, 6.45) is 5.18. The SMILES string of the molecule is CC/N=C1\N/C(=C\c2ccc(-n3cnc(C)c3)c(OC)c2)C(=O)N1Cc1cc(F)c(F)c(F)c1. The third-order valence-corrected chi connectivity index (χ3v) is 5.17. The first-order valence-corrected chi connectivity index (χ1v) is 10.5. The van der Waals surface area contributed by atoms with Gasteiger partial charge in [0.15, 0.2) is 17.5 Å². The van der Waals surface area contributed by atoms with Gasteiger partial charge in [-0.1, -0.05) is 6.07 Å². The lowest BCUT2D eigenvalue weighted by atomic mass is 10.1. The molecule has 1 aliphatic rings. The second kappa shape index (κ2) is 9.42. The number of halogens is 3. The molecule has 3 aromatic rings. The lowest BCUT2D eigenvalue weighted by Gasteiger charge is -2.15. The Balaban J connectivity index is 1.64. The van der Waals surface area contributed by atoms with Crippen molar-refractivity contribution in [1.82, 2.24) is 19.8 Å². The summed E-state index contributed by atoms with van der Waals surface area (Å²) in [6.45, 7) is 3.86. The number of aromatic nitrogens is 2. The van der Waals surface area contributed by atoms with Gasteiger partial charge in [-0.2, -0.15) is 0 Å². The van der Waals surface area contributed by atoms with Crippen LogP contribution in [-0.4, -0.2) is 40.0 Å². The van der Waals surface area contributed by atoms with Crippen molar-refractivity contribution in [2.75, 3.05) is 13.7 Å². The largest absolute Gasteiger partial charge is 0.495 e. The van der Waals surface area contributed by atoms with Crippen LogP contribution in [0.4, 0.5) is 13.2 Å². The van der Waals surface area contributed by atoms with Gasteiger partial charge in [-0.15, -0.1) is 0 Å². The van der Waals surface area contributed by atoms with E-state index in [1.807, 2.05) is 29.8 Å². The molecular formula is C24H22F3N5O2. The number of aliphatic imine (C=N–C) groups is 1. The van der Waals surface area contributed by atoms with Crippen LogP contribution in [0.5, 0.6) is 5.75 Å². The summed E-state index contributed by atoms with van der Waals surface area (Å²) in [5.74, 6) is -3.82. The Morgan fingerprint density at radius 2 is 1.91 bits per heavy atom. The molecule has 1 fully saturated rings. The Kier molecular flexibility index (Phi) is 6.40. The molecule has 2 aromatic carbocycles. The van der Waals surface area contributed by atoms with Crippen LogP contribution in [0.2, 0.25) is 0 Å². The molecule has 1 amide bonds. The number of hydrogen-bond acceptors (Lipinski definition) is 4. The first-order chi connectivity index (χ1) is 16.3. The topological polar surface area (TPSA) is 71.7 Å². The molecule has 7 nitrogen and oxygen atoms in total. The summed E-state index contributed by atoms with van der Waals surface area (Å²) in [6, 6.07) is 7.15. The van der Waals surface area contributed by atoms with Gasteiger partial charge in [0.05, 0.1) is 31.4 Å². The Hall–Kier alpha value is -4.08. The van der Waals surface area contributed by atoms with E-state index in [0.717, 1.165) is 23.5 Å². The van der Waals surface area contributed by atoms with Gasteiger partial charge in [0.25, 0.3) is 5.91 Å². The smallest absolute Gasteiger partial charge is 0.277 e. The molecule has 4 rings (SSSR count). The number of nitrogens with one attached hydrogen (secondary N) is 1. The molecule has 1 aromatic heterocycles. The number of methoxy groups -OCH3 is 1. The number of amides is 1. The van der Waals surface area contributed by atoms with Crippen molar-refractivity contribution in [2.45, 2.75) is 20.4 Å². The van der Waals surface area contributed by atoms with Crippen molar-refractivity contribution in [1.29, 1.82) is 0 Å². The predicted octanol–water partition coefficient (Wildman–Crippen LogP) is 3.96. The number of carbonyl (C=O) groups excluding carboxylic acids is 1. The van der Waals surface area contributed by atoms with Crippen molar-refractivity contribution in [3.05, 3.63) is 82.8 Å². The zero-order valence-corrected chi connectivity index (χ0v) is 18.8. The number of rotatable bonds is 6. The lowest BCUT2D eigenvalue weighted by molar-refractivity contribution is -0.122. The minimum absolute atomic E-state index is 0.0956. The van der Waals surface area contributed by atoms with Crippen LogP contribution in [0, 0.1) is 24.4 Å². The molecule has 10 heteroatoms. The van der Waals surface area contributed by atoms with E-state index in [4.69, 9.17) is 4.74 Å². The van der Waals surface area contributed by atoms with Crippen LogP contribution < -0.4 is 10.1 Å². The number of carbonyl (C=O) groups is 1. The van der Waals surface area contributed by atoms with E-state index < -0.39 is 23.4 Å². The normalized spacial score (nSPS) is 15.9. The standard InChI is InChI=1S/C24H22F3N5O2/c1-4-28-24-30-19(23(33)32(24)12-16-7-17(25)22(27)18(26)8-16)9-15-5-6-20(21(10-15)34-3)31-11-14(2)29-13-31/h5-11,13H,4,12H2,1-3H3,(H,28,30)/b19-9-. The number of benzene rings is 2. The minimum atomic E-state index is -1.55. The van der Waals surface area contributed by atoms with Gasteiger partial charge in [0.2, 0.25) is 5.96 Å². The Bertz CT molecular complexity index is 1290. The monoisotopic (exact) mass is 469 g/mol. The highest BCUT2D eigenvalue weighted by atomic mass is 19.2. The molecule has 176 valence electrons. The molecule has 34 heavy (non-hydrogen) atoms. The summed E-state index contributed by atoms with van der Waals surface area (Å²) < 4.78 is 48.0. The maximum absolute atomic E-state index is 13.7. The molecule has 0 spiro atoms. The molecular weight excluding hydrogens is 447 g/mol. The molecule has 0 radical (unpaired) electrons. The molecule has 0 aliphatic carbocycles. The Morgan fingerprint density at radius 1 is 1.18 bits per heavy atom.